The molecule has 0 aliphatic rings. The second kappa shape index (κ2) is 6.90. The summed E-state index contributed by atoms with van der Waals surface area (Å²) in [5.74, 6) is 0.621. The first-order valence-electron chi connectivity index (χ1n) is 6.84. The van der Waals surface area contributed by atoms with Crippen molar-refractivity contribution in [3.05, 3.63) is 53.3 Å². The Labute approximate surface area is 124 Å². The van der Waals surface area contributed by atoms with Crippen LogP contribution < -0.4 is 0 Å². The molecule has 102 valence electrons. The third kappa shape index (κ3) is 3.93. The van der Waals surface area contributed by atoms with Crippen LogP contribution in [0.15, 0.2) is 36.7 Å². The zero-order chi connectivity index (χ0) is 13.7. The highest BCUT2D eigenvalue weighted by atomic mass is 79.9. The fraction of sp³-hybridized carbons (Fsp3) is 0.438. The minimum atomic E-state index is 0.621. The molecule has 19 heavy (non-hydrogen) atoms. The fourth-order valence-corrected chi connectivity index (χ4v) is 2.81. The predicted octanol–water partition coefficient (Wildman–Crippen LogP) is 4.01. The van der Waals surface area contributed by atoms with Crippen molar-refractivity contribution < 1.29 is 0 Å². The number of benzene rings is 1. The van der Waals surface area contributed by atoms with Gasteiger partial charge in [-0.05, 0) is 49.3 Å². The molecule has 0 aliphatic carbocycles. The quantitative estimate of drug-likeness (QED) is 0.735. The summed E-state index contributed by atoms with van der Waals surface area (Å²) in [5.41, 5.74) is 4.17. The molecule has 0 spiro atoms. The standard InChI is InChI=1S/C16H21BrN2/c1-3-19-12-15(11-18-19)8-14(10-17)9-16-7-5-4-6-13(16)2/h4-7,11-12,14H,3,8-10H2,1-2H3. The van der Waals surface area contributed by atoms with E-state index in [1.54, 1.807) is 0 Å². The zero-order valence-electron chi connectivity index (χ0n) is 11.6. The van der Waals surface area contributed by atoms with E-state index in [2.05, 4.69) is 65.3 Å². The van der Waals surface area contributed by atoms with Gasteiger partial charge in [0.1, 0.15) is 0 Å². The van der Waals surface area contributed by atoms with Crippen LogP contribution in [0.2, 0.25) is 0 Å². The molecule has 0 saturated heterocycles. The average molecular weight is 321 g/mol. The highest BCUT2D eigenvalue weighted by molar-refractivity contribution is 9.09. The van der Waals surface area contributed by atoms with Gasteiger partial charge in [0, 0.05) is 18.1 Å². The summed E-state index contributed by atoms with van der Waals surface area (Å²) >= 11 is 3.65. The van der Waals surface area contributed by atoms with E-state index < -0.39 is 0 Å². The van der Waals surface area contributed by atoms with E-state index >= 15 is 0 Å². The van der Waals surface area contributed by atoms with Gasteiger partial charge in [-0.3, -0.25) is 4.68 Å². The second-order valence-corrected chi connectivity index (χ2v) is 5.71. The first-order chi connectivity index (χ1) is 9.22. The Morgan fingerprint density at radius 2 is 2.05 bits per heavy atom. The van der Waals surface area contributed by atoms with Crippen LogP contribution in [0.4, 0.5) is 0 Å². The smallest absolute Gasteiger partial charge is 0.0521 e. The van der Waals surface area contributed by atoms with Gasteiger partial charge in [0.25, 0.3) is 0 Å². The maximum Gasteiger partial charge on any atom is 0.0521 e. The van der Waals surface area contributed by atoms with Crippen LogP contribution in [-0.4, -0.2) is 15.1 Å². The second-order valence-electron chi connectivity index (χ2n) is 5.06. The van der Waals surface area contributed by atoms with Crippen LogP contribution >= 0.6 is 15.9 Å². The number of hydrogen-bond donors (Lipinski definition) is 0. The normalized spacial score (nSPS) is 12.6. The lowest BCUT2D eigenvalue weighted by molar-refractivity contribution is 0.588. The maximum atomic E-state index is 4.35. The van der Waals surface area contributed by atoms with Crippen LogP contribution in [0, 0.1) is 12.8 Å². The van der Waals surface area contributed by atoms with Crippen molar-refractivity contribution in [1.29, 1.82) is 0 Å². The van der Waals surface area contributed by atoms with Gasteiger partial charge in [-0.1, -0.05) is 40.2 Å². The number of nitrogens with zero attached hydrogens (tertiary/aromatic N) is 2. The molecule has 0 fully saturated rings. The number of hydrogen-bond acceptors (Lipinski definition) is 1. The van der Waals surface area contributed by atoms with Crippen LogP contribution in [-0.2, 0) is 19.4 Å². The molecule has 1 aromatic heterocycles. The summed E-state index contributed by atoms with van der Waals surface area (Å²) in [4.78, 5) is 0. The number of alkyl halides is 1. The van der Waals surface area contributed by atoms with Crippen molar-refractivity contribution in [2.75, 3.05) is 5.33 Å². The van der Waals surface area contributed by atoms with Crippen LogP contribution in [0.5, 0.6) is 0 Å². The summed E-state index contributed by atoms with van der Waals surface area (Å²) < 4.78 is 1.99. The SMILES string of the molecule is CCn1cc(CC(CBr)Cc2ccccc2C)cn1. The van der Waals surface area contributed by atoms with Crippen molar-refractivity contribution >= 4 is 15.9 Å². The Kier molecular flexibility index (Phi) is 5.20. The number of aromatic nitrogens is 2. The number of aryl methyl sites for hydroxylation is 2. The van der Waals surface area contributed by atoms with Gasteiger partial charge in [-0.25, -0.2) is 0 Å². The number of rotatable bonds is 6. The molecule has 0 saturated carbocycles. The lowest BCUT2D eigenvalue weighted by Crippen LogP contribution is -2.10. The van der Waals surface area contributed by atoms with Crippen molar-refractivity contribution in [3.8, 4) is 0 Å². The van der Waals surface area contributed by atoms with Gasteiger partial charge in [-0.15, -0.1) is 0 Å². The molecule has 1 aromatic carbocycles. The molecular weight excluding hydrogens is 300 g/mol. The summed E-state index contributed by atoms with van der Waals surface area (Å²) in [6.07, 6.45) is 6.36. The molecule has 2 nitrogen and oxygen atoms in total. The monoisotopic (exact) mass is 320 g/mol. The van der Waals surface area contributed by atoms with Gasteiger partial charge >= 0.3 is 0 Å². The van der Waals surface area contributed by atoms with Crippen molar-refractivity contribution in [2.24, 2.45) is 5.92 Å². The molecular formula is C16H21BrN2. The summed E-state index contributed by atoms with van der Waals surface area (Å²) in [5, 5.41) is 5.37. The third-order valence-electron chi connectivity index (χ3n) is 3.52. The minimum absolute atomic E-state index is 0.621. The largest absolute Gasteiger partial charge is 0.273 e. The molecule has 0 amide bonds. The molecule has 0 N–H and O–H groups in total. The molecule has 0 aliphatic heterocycles. The van der Waals surface area contributed by atoms with Crippen molar-refractivity contribution in [1.82, 2.24) is 9.78 Å². The number of halogens is 1. The highest BCUT2D eigenvalue weighted by Crippen LogP contribution is 2.19. The topological polar surface area (TPSA) is 17.8 Å². The van der Waals surface area contributed by atoms with Crippen molar-refractivity contribution in [3.63, 3.8) is 0 Å². The molecule has 1 heterocycles. The fourth-order valence-electron chi connectivity index (χ4n) is 2.35. The van der Waals surface area contributed by atoms with E-state index in [0.717, 1.165) is 24.7 Å². The lowest BCUT2D eigenvalue weighted by Gasteiger charge is -2.14. The van der Waals surface area contributed by atoms with E-state index in [-0.39, 0.29) is 0 Å². The van der Waals surface area contributed by atoms with Crippen LogP contribution in [0.3, 0.4) is 0 Å². The Hall–Kier alpha value is -1.09. The van der Waals surface area contributed by atoms with E-state index in [4.69, 9.17) is 0 Å². The van der Waals surface area contributed by atoms with Gasteiger partial charge in [0.2, 0.25) is 0 Å². The van der Waals surface area contributed by atoms with E-state index in [1.807, 2.05) is 10.9 Å². The Balaban J connectivity index is 2.02. The Morgan fingerprint density at radius 1 is 1.26 bits per heavy atom. The molecule has 0 bridgehead atoms. The first-order valence-corrected chi connectivity index (χ1v) is 7.97. The first kappa shape index (κ1) is 14.3. The summed E-state index contributed by atoms with van der Waals surface area (Å²) in [6, 6.07) is 8.66. The maximum absolute atomic E-state index is 4.35. The lowest BCUT2D eigenvalue weighted by atomic mass is 9.93. The van der Waals surface area contributed by atoms with Gasteiger partial charge < -0.3 is 0 Å². The molecule has 0 radical (unpaired) electrons. The van der Waals surface area contributed by atoms with Gasteiger partial charge in [-0.2, -0.15) is 5.10 Å². The molecule has 2 aromatic rings. The van der Waals surface area contributed by atoms with E-state index in [0.29, 0.717) is 5.92 Å². The Bertz CT molecular complexity index is 519. The highest BCUT2D eigenvalue weighted by Gasteiger charge is 2.12. The van der Waals surface area contributed by atoms with Gasteiger partial charge in [0.05, 0.1) is 6.20 Å². The predicted molar refractivity (Wildman–Crippen MR) is 83.8 cm³/mol. The van der Waals surface area contributed by atoms with Crippen LogP contribution in [0.25, 0.3) is 0 Å². The van der Waals surface area contributed by atoms with Crippen molar-refractivity contribution in [2.45, 2.75) is 33.2 Å². The third-order valence-corrected chi connectivity index (χ3v) is 4.44. The molecule has 3 heteroatoms. The Morgan fingerprint density at radius 3 is 2.68 bits per heavy atom. The summed E-state index contributed by atoms with van der Waals surface area (Å²) in [7, 11) is 0. The van der Waals surface area contributed by atoms with Crippen LogP contribution in [0.1, 0.15) is 23.6 Å². The average Bonchev–Trinajstić information content (AvgIpc) is 2.88. The van der Waals surface area contributed by atoms with Gasteiger partial charge in [0.15, 0.2) is 0 Å². The molecule has 1 unspecified atom stereocenters. The molecule has 1 atom stereocenters. The minimum Gasteiger partial charge on any atom is -0.273 e. The van der Waals surface area contributed by atoms with E-state index in [1.165, 1.54) is 16.7 Å². The summed E-state index contributed by atoms with van der Waals surface area (Å²) in [6.45, 7) is 5.25. The molecule has 2 rings (SSSR count). The van der Waals surface area contributed by atoms with E-state index in [9.17, 15) is 0 Å². The zero-order valence-corrected chi connectivity index (χ0v) is 13.2.